The SMILES string of the molecule is CC1(c2nn(CCO)c(N)c2F)CC1. The van der Waals surface area contributed by atoms with Crippen LogP contribution in [0.3, 0.4) is 0 Å². The van der Waals surface area contributed by atoms with Crippen molar-refractivity contribution in [3.05, 3.63) is 11.5 Å². The van der Waals surface area contributed by atoms with Crippen LogP contribution in [0.5, 0.6) is 0 Å². The van der Waals surface area contributed by atoms with E-state index in [-0.39, 0.29) is 24.4 Å². The predicted octanol–water partition coefficient (Wildman–Crippen LogP) is 0.648. The Bertz CT molecular complexity index is 357. The van der Waals surface area contributed by atoms with Crippen molar-refractivity contribution in [3.8, 4) is 0 Å². The average molecular weight is 199 g/mol. The molecule has 0 amide bonds. The molecule has 78 valence electrons. The van der Waals surface area contributed by atoms with Crippen molar-refractivity contribution in [2.45, 2.75) is 31.7 Å². The summed E-state index contributed by atoms with van der Waals surface area (Å²) in [5.74, 6) is -0.388. The van der Waals surface area contributed by atoms with Crippen LogP contribution in [-0.2, 0) is 12.0 Å². The summed E-state index contributed by atoms with van der Waals surface area (Å²) in [6, 6.07) is 0. The van der Waals surface area contributed by atoms with E-state index in [1.165, 1.54) is 4.68 Å². The van der Waals surface area contributed by atoms with Gasteiger partial charge >= 0.3 is 0 Å². The number of rotatable bonds is 3. The molecule has 1 aliphatic rings. The van der Waals surface area contributed by atoms with Gasteiger partial charge in [0, 0.05) is 5.41 Å². The molecular weight excluding hydrogens is 185 g/mol. The first-order chi connectivity index (χ1) is 6.58. The van der Waals surface area contributed by atoms with Gasteiger partial charge in [-0.05, 0) is 12.8 Å². The van der Waals surface area contributed by atoms with Crippen molar-refractivity contribution < 1.29 is 9.50 Å². The zero-order valence-electron chi connectivity index (χ0n) is 8.13. The van der Waals surface area contributed by atoms with Crippen molar-refractivity contribution in [1.82, 2.24) is 9.78 Å². The second-order valence-corrected chi connectivity index (χ2v) is 4.06. The van der Waals surface area contributed by atoms with Gasteiger partial charge in [-0.1, -0.05) is 6.92 Å². The van der Waals surface area contributed by atoms with E-state index in [9.17, 15) is 4.39 Å². The third-order valence-corrected chi connectivity index (χ3v) is 2.82. The van der Waals surface area contributed by atoms with E-state index in [2.05, 4.69) is 5.10 Å². The number of hydrogen-bond donors (Lipinski definition) is 2. The van der Waals surface area contributed by atoms with Crippen LogP contribution in [0.1, 0.15) is 25.5 Å². The predicted molar refractivity (Wildman–Crippen MR) is 50.3 cm³/mol. The number of nitrogens with two attached hydrogens (primary N) is 1. The lowest BCUT2D eigenvalue weighted by atomic mass is 10.1. The molecule has 0 aliphatic heterocycles. The molecular formula is C9H14FN3O. The van der Waals surface area contributed by atoms with Crippen LogP contribution in [0.15, 0.2) is 0 Å². The molecule has 0 atom stereocenters. The van der Waals surface area contributed by atoms with E-state index in [0.717, 1.165) is 12.8 Å². The van der Waals surface area contributed by atoms with Crippen LogP contribution in [0, 0.1) is 5.82 Å². The third kappa shape index (κ3) is 1.28. The number of halogens is 1. The summed E-state index contributed by atoms with van der Waals surface area (Å²) in [6.07, 6.45) is 1.92. The lowest BCUT2D eigenvalue weighted by Crippen LogP contribution is -2.09. The highest BCUT2D eigenvalue weighted by Gasteiger charge is 2.44. The first-order valence-corrected chi connectivity index (χ1v) is 4.71. The molecule has 1 aromatic heterocycles. The van der Waals surface area contributed by atoms with Gasteiger partial charge in [0.25, 0.3) is 0 Å². The lowest BCUT2D eigenvalue weighted by Gasteiger charge is -2.02. The molecule has 0 unspecified atom stereocenters. The van der Waals surface area contributed by atoms with Crippen molar-refractivity contribution >= 4 is 5.82 Å². The first kappa shape index (κ1) is 9.45. The Hall–Kier alpha value is -1.10. The number of aromatic nitrogens is 2. The molecule has 1 heterocycles. The fraction of sp³-hybridized carbons (Fsp3) is 0.667. The molecule has 0 aromatic carbocycles. The normalized spacial score (nSPS) is 18.5. The average Bonchev–Trinajstić information content (AvgIpc) is 2.83. The lowest BCUT2D eigenvalue weighted by molar-refractivity contribution is 0.270. The zero-order valence-corrected chi connectivity index (χ0v) is 8.13. The van der Waals surface area contributed by atoms with Crippen LogP contribution in [0.2, 0.25) is 0 Å². The van der Waals surface area contributed by atoms with Crippen LogP contribution in [0.25, 0.3) is 0 Å². The van der Waals surface area contributed by atoms with Gasteiger partial charge in [-0.25, -0.2) is 9.07 Å². The molecule has 4 nitrogen and oxygen atoms in total. The highest BCUT2D eigenvalue weighted by atomic mass is 19.1. The highest BCUT2D eigenvalue weighted by Crippen LogP contribution is 2.48. The summed E-state index contributed by atoms with van der Waals surface area (Å²) in [4.78, 5) is 0. The zero-order chi connectivity index (χ0) is 10.3. The summed E-state index contributed by atoms with van der Waals surface area (Å²) in [5.41, 5.74) is 5.85. The number of nitrogens with zero attached hydrogens (tertiary/aromatic N) is 2. The van der Waals surface area contributed by atoms with Crippen molar-refractivity contribution in [2.24, 2.45) is 0 Å². The molecule has 0 bridgehead atoms. The quantitative estimate of drug-likeness (QED) is 0.751. The van der Waals surface area contributed by atoms with E-state index in [0.29, 0.717) is 5.69 Å². The van der Waals surface area contributed by atoms with E-state index < -0.39 is 5.82 Å². The second kappa shape index (κ2) is 2.95. The highest BCUT2D eigenvalue weighted by molar-refractivity contribution is 5.39. The summed E-state index contributed by atoms with van der Waals surface area (Å²) in [5, 5.41) is 12.8. The fourth-order valence-electron chi connectivity index (χ4n) is 1.53. The summed E-state index contributed by atoms with van der Waals surface area (Å²) in [7, 11) is 0. The molecule has 5 heteroatoms. The van der Waals surface area contributed by atoms with Crippen LogP contribution in [-0.4, -0.2) is 21.5 Å². The van der Waals surface area contributed by atoms with Gasteiger partial charge < -0.3 is 10.8 Å². The maximum Gasteiger partial charge on any atom is 0.188 e. The van der Waals surface area contributed by atoms with Gasteiger partial charge in [0.05, 0.1) is 13.2 Å². The van der Waals surface area contributed by atoms with Gasteiger partial charge in [-0.15, -0.1) is 0 Å². The molecule has 1 aromatic rings. The Kier molecular flexibility index (Phi) is 1.99. The van der Waals surface area contributed by atoms with E-state index in [1.807, 2.05) is 6.92 Å². The van der Waals surface area contributed by atoms with E-state index in [1.54, 1.807) is 0 Å². The Balaban J connectivity index is 2.37. The molecule has 2 rings (SSSR count). The van der Waals surface area contributed by atoms with Crippen LogP contribution >= 0.6 is 0 Å². The minimum atomic E-state index is -0.418. The van der Waals surface area contributed by atoms with Gasteiger partial charge in [0.2, 0.25) is 0 Å². The molecule has 1 aliphatic carbocycles. The summed E-state index contributed by atoms with van der Waals surface area (Å²) >= 11 is 0. The molecule has 0 saturated heterocycles. The molecule has 1 saturated carbocycles. The number of anilines is 1. The maximum absolute atomic E-state index is 13.6. The number of aliphatic hydroxyl groups excluding tert-OH is 1. The molecule has 0 spiro atoms. The second-order valence-electron chi connectivity index (χ2n) is 4.06. The van der Waals surface area contributed by atoms with Crippen LogP contribution in [0.4, 0.5) is 10.2 Å². The monoisotopic (exact) mass is 199 g/mol. The molecule has 0 radical (unpaired) electrons. The number of hydrogen-bond acceptors (Lipinski definition) is 3. The Morgan fingerprint density at radius 2 is 2.29 bits per heavy atom. The minimum Gasteiger partial charge on any atom is -0.394 e. The third-order valence-electron chi connectivity index (χ3n) is 2.82. The first-order valence-electron chi connectivity index (χ1n) is 4.71. The van der Waals surface area contributed by atoms with Gasteiger partial charge in [-0.2, -0.15) is 5.10 Å². The summed E-state index contributed by atoms with van der Waals surface area (Å²) in [6.45, 7) is 2.14. The number of aliphatic hydroxyl groups is 1. The summed E-state index contributed by atoms with van der Waals surface area (Å²) < 4.78 is 14.9. The van der Waals surface area contributed by atoms with Crippen molar-refractivity contribution in [3.63, 3.8) is 0 Å². The van der Waals surface area contributed by atoms with Gasteiger partial charge in [-0.3, -0.25) is 0 Å². The Labute approximate surface area is 81.5 Å². The fourth-order valence-corrected chi connectivity index (χ4v) is 1.53. The van der Waals surface area contributed by atoms with Crippen molar-refractivity contribution in [2.75, 3.05) is 12.3 Å². The topological polar surface area (TPSA) is 64.1 Å². The maximum atomic E-state index is 13.6. The van der Waals surface area contributed by atoms with Crippen LogP contribution < -0.4 is 5.73 Å². The van der Waals surface area contributed by atoms with E-state index in [4.69, 9.17) is 10.8 Å². The standard InChI is InChI=1S/C9H14FN3O/c1-9(2-3-9)7-6(10)8(11)13(12-7)4-5-14/h14H,2-5,11H2,1H3. The molecule has 14 heavy (non-hydrogen) atoms. The van der Waals surface area contributed by atoms with E-state index >= 15 is 0 Å². The smallest absolute Gasteiger partial charge is 0.188 e. The minimum absolute atomic E-state index is 0.0298. The molecule has 1 fully saturated rings. The molecule has 3 N–H and O–H groups in total. The largest absolute Gasteiger partial charge is 0.394 e. The Morgan fingerprint density at radius 3 is 2.79 bits per heavy atom. The van der Waals surface area contributed by atoms with Gasteiger partial charge in [0.1, 0.15) is 5.69 Å². The Morgan fingerprint density at radius 1 is 1.64 bits per heavy atom. The number of nitrogen functional groups attached to an aromatic ring is 1. The van der Waals surface area contributed by atoms with Crippen molar-refractivity contribution in [1.29, 1.82) is 0 Å². The van der Waals surface area contributed by atoms with Gasteiger partial charge in [0.15, 0.2) is 11.6 Å².